The molecule has 3 rings (SSSR count). The maximum atomic E-state index is 12.2. The Morgan fingerprint density at radius 3 is 2.96 bits per heavy atom. The molecule has 0 unspecified atom stereocenters. The molecule has 0 spiro atoms. The van der Waals surface area contributed by atoms with E-state index in [1.165, 1.54) is 12.0 Å². The number of aromatic nitrogens is 1. The largest absolute Gasteiger partial charge is 0.469 e. The first-order valence-corrected chi connectivity index (χ1v) is 8.91. The van der Waals surface area contributed by atoms with Gasteiger partial charge < -0.3 is 14.5 Å². The number of rotatable bonds is 5. The number of carbonyl (C=O) groups excluding carboxylic acids is 2. The van der Waals surface area contributed by atoms with E-state index >= 15 is 0 Å². The molecule has 2 aromatic rings. The molecule has 7 nitrogen and oxygen atoms in total. The normalized spacial score (nSPS) is 18.2. The number of aryl methyl sites for hydroxylation is 2. The van der Waals surface area contributed by atoms with Gasteiger partial charge in [-0.15, -0.1) is 11.3 Å². The lowest BCUT2D eigenvalue weighted by atomic mass is 10.1. The van der Waals surface area contributed by atoms with E-state index in [0.29, 0.717) is 25.5 Å². The molecule has 1 fully saturated rings. The average Bonchev–Trinajstić information content (AvgIpc) is 3.17. The van der Waals surface area contributed by atoms with Gasteiger partial charge in [0.05, 0.1) is 24.1 Å². The Bertz CT molecular complexity index is 783. The van der Waals surface area contributed by atoms with Gasteiger partial charge in [-0.25, -0.2) is 4.98 Å². The second-order valence-corrected chi connectivity index (χ2v) is 7.28. The predicted molar refractivity (Wildman–Crippen MR) is 93.1 cm³/mol. The number of amides is 1. The van der Waals surface area contributed by atoms with Crippen molar-refractivity contribution in [1.29, 1.82) is 0 Å². The number of hydrogen-bond donors (Lipinski definition) is 1. The highest BCUT2D eigenvalue weighted by Gasteiger charge is 2.33. The molecular formula is C17H21N3O4S. The summed E-state index contributed by atoms with van der Waals surface area (Å²) in [6.45, 7) is 5.55. The number of oxazole rings is 1. The van der Waals surface area contributed by atoms with E-state index in [0.717, 1.165) is 16.3 Å². The van der Waals surface area contributed by atoms with Gasteiger partial charge in [-0.3, -0.25) is 14.5 Å². The van der Waals surface area contributed by atoms with Crippen molar-refractivity contribution in [3.63, 3.8) is 0 Å². The van der Waals surface area contributed by atoms with Crippen molar-refractivity contribution in [3.05, 3.63) is 28.5 Å². The van der Waals surface area contributed by atoms with Crippen LogP contribution in [0, 0.1) is 13.8 Å². The first-order valence-electron chi connectivity index (χ1n) is 8.09. The number of ether oxygens (including phenoxy) is 1. The van der Waals surface area contributed by atoms with Gasteiger partial charge in [0.2, 0.25) is 11.8 Å². The minimum Gasteiger partial charge on any atom is -0.469 e. The third-order valence-electron chi connectivity index (χ3n) is 4.23. The fraction of sp³-hybridized carbons (Fsp3) is 0.471. The van der Waals surface area contributed by atoms with E-state index in [1.54, 1.807) is 11.3 Å². The summed E-state index contributed by atoms with van der Waals surface area (Å²) in [7, 11) is 1.32. The van der Waals surface area contributed by atoms with Gasteiger partial charge in [0, 0.05) is 24.5 Å². The maximum Gasteiger partial charge on any atom is 0.307 e. The minimum atomic E-state index is -0.551. The number of nitrogens with one attached hydrogen (secondary N) is 1. The topological polar surface area (TPSA) is 84.7 Å². The molecular weight excluding hydrogens is 342 g/mol. The minimum absolute atomic E-state index is 0.0240. The lowest BCUT2D eigenvalue weighted by molar-refractivity contribution is -0.146. The SMILES string of the molecule is COC(=O)C[C@@H]1C(=O)NCCN1Cc1nc(-c2ccc(C)s2)oc1C. The van der Waals surface area contributed by atoms with Crippen LogP contribution in [0.2, 0.25) is 0 Å². The van der Waals surface area contributed by atoms with Gasteiger partial charge in [-0.05, 0) is 26.0 Å². The van der Waals surface area contributed by atoms with Crippen molar-refractivity contribution in [3.8, 4) is 10.8 Å². The zero-order valence-electron chi connectivity index (χ0n) is 14.5. The fourth-order valence-electron chi connectivity index (χ4n) is 2.84. The van der Waals surface area contributed by atoms with Gasteiger partial charge in [0.15, 0.2) is 0 Å². The highest BCUT2D eigenvalue weighted by Crippen LogP contribution is 2.29. The van der Waals surface area contributed by atoms with E-state index in [9.17, 15) is 9.59 Å². The second kappa shape index (κ2) is 7.37. The number of esters is 1. The molecule has 134 valence electrons. The molecule has 25 heavy (non-hydrogen) atoms. The molecule has 0 aromatic carbocycles. The van der Waals surface area contributed by atoms with Gasteiger partial charge >= 0.3 is 5.97 Å². The number of methoxy groups -OCH3 is 1. The van der Waals surface area contributed by atoms with Crippen LogP contribution < -0.4 is 5.32 Å². The summed E-state index contributed by atoms with van der Waals surface area (Å²) in [5.74, 6) is 0.756. The summed E-state index contributed by atoms with van der Waals surface area (Å²) in [5, 5.41) is 2.80. The van der Waals surface area contributed by atoms with Crippen LogP contribution in [0.4, 0.5) is 0 Å². The fourth-order valence-corrected chi connectivity index (χ4v) is 3.63. The van der Waals surface area contributed by atoms with E-state index in [-0.39, 0.29) is 12.3 Å². The molecule has 0 bridgehead atoms. The Balaban J connectivity index is 1.79. The molecule has 0 radical (unpaired) electrons. The van der Waals surface area contributed by atoms with Crippen LogP contribution in [0.25, 0.3) is 10.8 Å². The summed E-state index contributed by atoms with van der Waals surface area (Å²) >= 11 is 1.63. The zero-order chi connectivity index (χ0) is 18.0. The summed E-state index contributed by atoms with van der Waals surface area (Å²) in [5.41, 5.74) is 0.783. The Kier molecular flexibility index (Phi) is 5.19. The van der Waals surface area contributed by atoms with Crippen LogP contribution >= 0.6 is 11.3 Å². The van der Waals surface area contributed by atoms with Crippen molar-refractivity contribution in [1.82, 2.24) is 15.2 Å². The second-order valence-electron chi connectivity index (χ2n) is 5.99. The first kappa shape index (κ1) is 17.6. The van der Waals surface area contributed by atoms with E-state index < -0.39 is 12.0 Å². The molecule has 8 heteroatoms. The highest BCUT2D eigenvalue weighted by atomic mass is 32.1. The van der Waals surface area contributed by atoms with Crippen molar-refractivity contribution in [2.75, 3.05) is 20.2 Å². The van der Waals surface area contributed by atoms with Gasteiger partial charge in [0.1, 0.15) is 11.8 Å². The van der Waals surface area contributed by atoms with Crippen molar-refractivity contribution in [2.45, 2.75) is 32.9 Å². The molecule has 1 N–H and O–H groups in total. The Labute approximate surface area is 150 Å². The number of hydrogen-bond acceptors (Lipinski definition) is 7. The Morgan fingerprint density at radius 1 is 1.48 bits per heavy atom. The van der Waals surface area contributed by atoms with Crippen LogP contribution in [0.1, 0.15) is 22.8 Å². The van der Waals surface area contributed by atoms with Crippen LogP contribution in [0.15, 0.2) is 16.5 Å². The Hall–Kier alpha value is -2.19. The van der Waals surface area contributed by atoms with Crippen molar-refractivity contribution < 1.29 is 18.7 Å². The summed E-state index contributed by atoms with van der Waals surface area (Å²) in [6.07, 6.45) is 0.0240. The number of thiophene rings is 1. The van der Waals surface area contributed by atoms with Crippen molar-refractivity contribution in [2.24, 2.45) is 0 Å². The first-order chi connectivity index (χ1) is 12.0. The van der Waals surface area contributed by atoms with Gasteiger partial charge in [-0.1, -0.05) is 0 Å². The summed E-state index contributed by atoms with van der Waals surface area (Å²) in [4.78, 5) is 32.5. The highest BCUT2D eigenvalue weighted by molar-refractivity contribution is 7.15. The molecule has 1 aliphatic heterocycles. The Morgan fingerprint density at radius 2 is 2.28 bits per heavy atom. The van der Waals surface area contributed by atoms with Crippen LogP contribution in [0.5, 0.6) is 0 Å². The van der Waals surface area contributed by atoms with Crippen LogP contribution in [-0.4, -0.2) is 48.0 Å². The third kappa shape index (κ3) is 3.91. The molecule has 1 saturated heterocycles. The summed E-state index contributed by atoms with van der Waals surface area (Å²) < 4.78 is 10.5. The average molecular weight is 363 g/mol. The quantitative estimate of drug-likeness (QED) is 0.817. The lowest BCUT2D eigenvalue weighted by Gasteiger charge is -2.33. The smallest absolute Gasteiger partial charge is 0.307 e. The van der Waals surface area contributed by atoms with Crippen LogP contribution in [0.3, 0.4) is 0 Å². The molecule has 3 heterocycles. The maximum absolute atomic E-state index is 12.2. The number of carbonyl (C=O) groups is 2. The van der Waals surface area contributed by atoms with E-state index in [2.05, 4.69) is 10.3 Å². The number of piperazine rings is 1. The molecule has 1 aliphatic rings. The molecule has 1 amide bonds. The van der Waals surface area contributed by atoms with Gasteiger partial charge in [0.25, 0.3) is 0 Å². The standard InChI is InChI=1S/C17H21N3O4S/c1-10-4-5-14(25-10)17-19-12(11(2)24-17)9-20-7-6-18-16(22)13(20)8-15(21)23-3/h4-5,13H,6-9H2,1-3H3,(H,18,22)/t13-/m1/s1. The summed E-state index contributed by atoms with van der Waals surface area (Å²) in [6, 6.07) is 3.47. The lowest BCUT2D eigenvalue weighted by Crippen LogP contribution is -2.55. The molecule has 0 aliphatic carbocycles. The van der Waals surface area contributed by atoms with E-state index in [1.807, 2.05) is 30.9 Å². The number of nitrogens with zero attached hydrogens (tertiary/aromatic N) is 2. The zero-order valence-corrected chi connectivity index (χ0v) is 15.3. The molecule has 1 atom stereocenters. The van der Waals surface area contributed by atoms with Crippen LogP contribution in [-0.2, 0) is 20.9 Å². The third-order valence-corrected chi connectivity index (χ3v) is 5.21. The van der Waals surface area contributed by atoms with Gasteiger partial charge in [-0.2, -0.15) is 0 Å². The van der Waals surface area contributed by atoms with Crippen molar-refractivity contribution >= 4 is 23.2 Å². The molecule has 0 saturated carbocycles. The monoisotopic (exact) mass is 363 g/mol. The predicted octanol–water partition coefficient (Wildman–Crippen LogP) is 1.88. The van der Waals surface area contributed by atoms with E-state index in [4.69, 9.17) is 9.15 Å². The molecule has 2 aromatic heterocycles.